The minimum atomic E-state index is -0.193. The second-order valence-corrected chi connectivity index (χ2v) is 7.43. The van der Waals surface area contributed by atoms with Crippen molar-refractivity contribution < 1.29 is 18.8 Å². The highest BCUT2D eigenvalue weighted by Gasteiger charge is 2.30. The van der Waals surface area contributed by atoms with Crippen LogP contribution in [0.3, 0.4) is 0 Å². The second kappa shape index (κ2) is 8.14. The smallest absolute Gasteiger partial charge is 0.259 e. The lowest BCUT2D eigenvalue weighted by Crippen LogP contribution is -2.38. The van der Waals surface area contributed by atoms with Crippen molar-refractivity contribution in [2.75, 3.05) is 27.2 Å². The number of pyridine rings is 1. The molecule has 0 atom stereocenters. The number of nitrogens with zero attached hydrogens (tertiary/aromatic N) is 3. The fourth-order valence-electron chi connectivity index (χ4n) is 3.96. The summed E-state index contributed by atoms with van der Waals surface area (Å²) < 4.78 is 10.6. The summed E-state index contributed by atoms with van der Waals surface area (Å²) in [4.78, 5) is 31.4. The standard InChI is InChI=1S/C22H24N4O4/c1-13-12-17(20(27)23-2)18-19(25-30-21(18)24-13)14-8-10-26(11-9-14)22(28)15-4-6-16(29-3)7-5-15/h4-7,12,14H,8-11H2,1-3H3,(H,23,27). The van der Waals surface area contributed by atoms with E-state index in [1.165, 1.54) is 0 Å². The number of rotatable bonds is 4. The molecule has 3 heterocycles. The molecule has 0 radical (unpaired) electrons. The minimum absolute atomic E-state index is 0.00413. The van der Waals surface area contributed by atoms with Crippen LogP contribution in [0.15, 0.2) is 34.9 Å². The van der Waals surface area contributed by atoms with Crippen LogP contribution in [0.25, 0.3) is 11.1 Å². The Morgan fingerprint density at radius 1 is 1.20 bits per heavy atom. The van der Waals surface area contributed by atoms with E-state index in [1.54, 1.807) is 44.5 Å². The van der Waals surface area contributed by atoms with Crippen molar-refractivity contribution in [1.29, 1.82) is 0 Å². The van der Waals surface area contributed by atoms with Crippen LogP contribution in [-0.2, 0) is 0 Å². The summed E-state index contributed by atoms with van der Waals surface area (Å²) in [6, 6.07) is 8.89. The van der Waals surface area contributed by atoms with E-state index in [4.69, 9.17) is 9.26 Å². The number of aryl methyl sites for hydroxylation is 1. The van der Waals surface area contributed by atoms with Crippen LogP contribution in [0, 0.1) is 6.92 Å². The van der Waals surface area contributed by atoms with Gasteiger partial charge < -0.3 is 19.5 Å². The molecule has 156 valence electrons. The molecule has 4 rings (SSSR count). The van der Waals surface area contributed by atoms with Gasteiger partial charge in [0.15, 0.2) is 0 Å². The summed E-state index contributed by atoms with van der Waals surface area (Å²) in [5.41, 5.74) is 2.98. The van der Waals surface area contributed by atoms with Gasteiger partial charge in [-0.25, -0.2) is 4.98 Å². The topological polar surface area (TPSA) is 97.6 Å². The summed E-state index contributed by atoms with van der Waals surface area (Å²) in [5, 5.41) is 7.59. The van der Waals surface area contributed by atoms with E-state index in [0.29, 0.717) is 41.0 Å². The number of aromatic nitrogens is 2. The maximum atomic E-state index is 12.8. The highest BCUT2D eigenvalue weighted by atomic mass is 16.5. The van der Waals surface area contributed by atoms with Crippen molar-refractivity contribution in [2.45, 2.75) is 25.7 Å². The molecule has 1 aliphatic heterocycles. The fraction of sp³-hybridized carbons (Fsp3) is 0.364. The Hall–Kier alpha value is -3.42. The first-order valence-corrected chi connectivity index (χ1v) is 9.94. The van der Waals surface area contributed by atoms with Gasteiger partial charge in [0.05, 0.1) is 23.8 Å². The number of hydrogen-bond acceptors (Lipinski definition) is 6. The first kappa shape index (κ1) is 19.9. The summed E-state index contributed by atoms with van der Waals surface area (Å²) in [5.74, 6) is 0.629. The summed E-state index contributed by atoms with van der Waals surface area (Å²) in [6.07, 6.45) is 1.48. The Labute approximate surface area is 174 Å². The summed E-state index contributed by atoms with van der Waals surface area (Å²) >= 11 is 0. The molecule has 1 aliphatic rings. The van der Waals surface area contributed by atoms with E-state index in [2.05, 4.69) is 15.5 Å². The number of ether oxygens (including phenoxy) is 1. The normalized spacial score (nSPS) is 14.7. The lowest BCUT2D eigenvalue weighted by molar-refractivity contribution is 0.0711. The largest absolute Gasteiger partial charge is 0.497 e. The molecule has 0 bridgehead atoms. The molecule has 1 saturated heterocycles. The van der Waals surface area contributed by atoms with Gasteiger partial charge in [-0.2, -0.15) is 0 Å². The maximum Gasteiger partial charge on any atom is 0.259 e. The highest BCUT2D eigenvalue weighted by Crippen LogP contribution is 2.34. The first-order valence-electron chi connectivity index (χ1n) is 9.94. The van der Waals surface area contributed by atoms with Crippen molar-refractivity contribution in [3.8, 4) is 5.75 Å². The zero-order valence-corrected chi connectivity index (χ0v) is 17.3. The second-order valence-electron chi connectivity index (χ2n) is 7.43. The average Bonchev–Trinajstić information content (AvgIpc) is 3.21. The van der Waals surface area contributed by atoms with Crippen molar-refractivity contribution in [3.63, 3.8) is 0 Å². The molecule has 1 N–H and O–H groups in total. The van der Waals surface area contributed by atoms with Crippen LogP contribution in [-0.4, -0.2) is 54.1 Å². The zero-order valence-electron chi connectivity index (χ0n) is 17.3. The van der Waals surface area contributed by atoms with Crippen molar-refractivity contribution in [3.05, 3.63) is 52.8 Å². The third-order valence-corrected chi connectivity index (χ3v) is 5.58. The van der Waals surface area contributed by atoms with Gasteiger partial charge >= 0.3 is 0 Å². The van der Waals surface area contributed by atoms with Gasteiger partial charge in [0.1, 0.15) is 5.75 Å². The van der Waals surface area contributed by atoms with Crippen LogP contribution in [0.5, 0.6) is 5.75 Å². The SMILES string of the molecule is CNC(=O)c1cc(C)nc2onc(C3CCN(C(=O)c4ccc(OC)cc4)CC3)c12. The van der Waals surface area contributed by atoms with Crippen LogP contribution >= 0.6 is 0 Å². The summed E-state index contributed by atoms with van der Waals surface area (Å²) in [7, 11) is 3.20. The Kier molecular flexibility index (Phi) is 5.39. The molecule has 2 aromatic heterocycles. The van der Waals surface area contributed by atoms with Gasteiger partial charge in [-0.3, -0.25) is 9.59 Å². The van der Waals surface area contributed by atoms with Gasteiger partial charge in [0, 0.05) is 37.3 Å². The molecule has 0 aliphatic carbocycles. The molecule has 1 fully saturated rings. The molecule has 3 aromatic rings. The molecule has 0 spiro atoms. The Bertz CT molecular complexity index is 1080. The number of benzene rings is 1. The Morgan fingerprint density at radius 2 is 1.90 bits per heavy atom. The molecular weight excluding hydrogens is 384 g/mol. The molecule has 8 nitrogen and oxygen atoms in total. The van der Waals surface area contributed by atoms with Crippen molar-refractivity contribution in [1.82, 2.24) is 20.4 Å². The fourth-order valence-corrected chi connectivity index (χ4v) is 3.96. The number of fused-ring (bicyclic) bond motifs is 1. The van der Waals surface area contributed by atoms with Crippen LogP contribution in [0.1, 0.15) is 50.9 Å². The van der Waals surface area contributed by atoms with Gasteiger partial charge in [-0.1, -0.05) is 5.16 Å². The predicted octanol–water partition coefficient (Wildman–Crippen LogP) is 2.92. The molecule has 8 heteroatoms. The Balaban J connectivity index is 1.53. The van der Waals surface area contributed by atoms with Gasteiger partial charge in [-0.15, -0.1) is 0 Å². The third-order valence-electron chi connectivity index (χ3n) is 5.58. The van der Waals surface area contributed by atoms with Gasteiger partial charge in [0.25, 0.3) is 17.5 Å². The number of hydrogen-bond donors (Lipinski definition) is 1. The quantitative estimate of drug-likeness (QED) is 0.713. The van der Waals surface area contributed by atoms with E-state index in [1.807, 2.05) is 11.8 Å². The average molecular weight is 408 g/mol. The number of methoxy groups -OCH3 is 1. The van der Waals surface area contributed by atoms with E-state index < -0.39 is 0 Å². The van der Waals surface area contributed by atoms with Gasteiger partial charge in [0.2, 0.25) is 0 Å². The number of carbonyl (C=O) groups is 2. The molecule has 0 saturated carbocycles. The minimum Gasteiger partial charge on any atom is -0.497 e. The van der Waals surface area contributed by atoms with E-state index >= 15 is 0 Å². The zero-order chi connectivity index (χ0) is 21.3. The van der Waals surface area contributed by atoms with Crippen LogP contribution in [0.2, 0.25) is 0 Å². The molecule has 0 unspecified atom stereocenters. The predicted molar refractivity (Wildman–Crippen MR) is 111 cm³/mol. The molecular formula is C22H24N4O4. The van der Waals surface area contributed by atoms with Crippen LogP contribution in [0.4, 0.5) is 0 Å². The monoisotopic (exact) mass is 408 g/mol. The first-order chi connectivity index (χ1) is 14.5. The molecule has 2 amide bonds. The van der Waals surface area contributed by atoms with Crippen molar-refractivity contribution in [2.24, 2.45) is 0 Å². The number of piperidine rings is 1. The van der Waals surface area contributed by atoms with Crippen LogP contribution < -0.4 is 10.1 Å². The lowest BCUT2D eigenvalue weighted by Gasteiger charge is -2.31. The molecule has 1 aromatic carbocycles. The number of carbonyl (C=O) groups excluding carboxylic acids is 2. The highest BCUT2D eigenvalue weighted by molar-refractivity contribution is 6.06. The number of likely N-dealkylation sites (tertiary alicyclic amines) is 1. The number of nitrogens with one attached hydrogen (secondary N) is 1. The maximum absolute atomic E-state index is 12.8. The van der Waals surface area contributed by atoms with E-state index in [-0.39, 0.29) is 17.7 Å². The summed E-state index contributed by atoms with van der Waals surface area (Å²) in [6.45, 7) is 3.04. The Morgan fingerprint density at radius 3 is 2.53 bits per heavy atom. The van der Waals surface area contributed by atoms with Crippen molar-refractivity contribution >= 4 is 22.9 Å². The number of amides is 2. The molecule has 30 heavy (non-hydrogen) atoms. The lowest BCUT2D eigenvalue weighted by atomic mass is 9.90. The third kappa shape index (κ3) is 3.60. The van der Waals surface area contributed by atoms with Gasteiger partial charge in [-0.05, 0) is 50.1 Å². The van der Waals surface area contributed by atoms with E-state index in [9.17, 15) is 9.59 Å². The van der Waals surface area contributed by atoms with E-state index in [0.717, 1.165) is 24.3 Å².